The van der Waals surface area contributed by atoms with E-state index in [2.05, 4.69) is 47.3 Å². The van der Waals surface area contributed by atoms with Crippen molar-refractivity contribution in [2.75, 3.05) is 5.32 Å². The highest BCUT2D eigenvalue weighted by molar-refractivity contribution is 5.93. The van der Waals surface area contributed by atoms with Gasteiger partial charge in [-0.15, -0.1) is 0 Å². The van der Waals surface area contributed by atoms with Crippen LogP contribution >= 0.6 is 0 Å². The Labute approximate surface area is 150 Å². The number of nitrogens with one attached hydrogen (secondary N) is 1. The number of imidazole rings is 1. The Morgan fingerprint density at radius 2 is 2.00 bits per heavy atom. The van der Waals surface area contributed by atoms with Gasteiger partial charge < -0.3 is 10.4 Å². The van der Waals surface area contributed by atoms with Crippen molar-refractivity contribution >= 4 is 28.3 Å². The molecule has 0 unspecified atom stereocenters. The summed E-state index contributed by atoms with van der Waals surface area (Å²) in [6.45, 7) is 4.83. The van der Waals surface area contributed by atoms with Crippen molar-refractivity contribution in [3.05, 3.63) is 71.2 Å². The van der Waals surface area contributed by atoms with Crippen molar-refractivity contribution in [1.82, 2.24) is 14.4 Å². The number of aromatic carboxylic acids is 1. The van der Waals surface area contributed by atoms with Crippen molar-refractivity contribution in [3.63, 3.8) is 0 Å². The number of benzene rings is 2. The topological polar surface area (TPSA) is 79.5 Å². The molecular formula is C20H18N4O2. The van der Waals surface area contributed by atoms with Crippen LogP contribution in [0.1, 0.15) is 27.0 Å². The first-order valence-electron chi connectivity index (χ1n) is 8.32. The summed E-state index contributed by atoms with van der Waals surface area (Å²) in [4.78, 5) is 20.1. The van der Waals surface area contributed by atoms with E-state index in [0.29, 0.717) is 12.1 Å². The van der Waals surface area contributed by atoms with Gasteiger partial charge in [0.2, 0.25) is 0 Å². The number of aromatic nitrogens is 3. The summed E-state index contributed by atoms with van der Waals surface area (Å²) in [5, 5.41) is 12.6. The van der Waals surface area contributed by atoms with Crippen molar-refractivity contribution in [2.24, 2.45) is 0 Å². The molecule has 0 aliphatic rings. The van der Waals surface area contributed by atoms with Gasteiger partial charge in [-0.25, -0.2) is 14.8 Å². The SMILES string of the molecule is Cc1ccc(CNc2nc3ccc(C(=O)O)cc3n3cncc23)c(C)c1. The van der Waals surface area contributed by atoms with E-state index < -0.39 is 5.97 Å². The van der Waals surface area contributed by atoms with E-state index in [4.69, 9.17) is 0 Å². The maximum atomic E-state index is 11.2. The van der Waals surface area contributed by atoms with Crippen LogP contribution < -0.4 is 5.32 Å². The molecule has 26 heavy (non-hydrogen) atoms. The van der Waals surface area contributed by atoms with Crippen molar-refractivity contribution in [3.8, 4) is 0 Å². The van der Waals surface area contributed by atoms with Gasteiger partial charge in [-0.2, -0.15) is 0 Å². The molecule has 6 heteroatoms. The largest absolute Gasteiger partial charge is 0.478 e. The highest BCUT2D eigenvalue weighted by Crippen LogP contribution is 2.23. The molecular weight excluding hydrogens is 328 g/mol. The lowest BCUT2D eigenvalue weighted by Crippen LogP contribution is -2.06. The summed E-state index contributed by atoms with van der Waals surface area (Å²) in [5.74, 6) is -0.240. The van der Waals surface area contributed by atoms with Crippen LogP contribution in [0.5, 0.6) is 0 Å². The number of aryl methyl sites for hydroxylation is 2. The fourth-order valence-electron chi connectivity index (χ4n) is 3.14. The smallest absolute Gasteiger partial charge is 0.335 e. The second kappa shape index (κ2) is 6.15. The van der Waals surface area contributed by atoms with Gasteiger partial charge in [-0.3, -0.25) is 4.40 Å². The van der Waals surface area contributed by atoms with Crippen molar-refractivity contribution in [2.45, 2.75) is 20.4 Å². The van der Waals surface area contributed by atoms with Crippen LogP contribution in [-0.4, -0.2) is 25.4 Å². The van der Waals surface area contributed by atoms with Gasteiger partial charge in [0.05, 0.1) is 29.1 Å². The minimum absolute atomic E-state index is 0.227. The van der Waals surface area contributed by atoms with E-state index in [0.717, 1.165) is 16.9 Å². The van der Waals surface area contributed by atoms with Crippen LogP contribution in [0.25, 0.3) is 16.6 Å². The molecule has 2 N–H and O–H groups in total. The number of hydrogen-bond donors (Lipinski definition) is 2. The Hall–Kier alpha value is -3.41. The van der Waals surface area contributed by atoms with Gasteiger partial charge in [-0.05, 0) is 43.2 Å². The molecule has 0 fully saturated rings. The van der Waals surface area contributed by atoms with Crippen LogP contribution in [0.2, 0.25) is 0 Å². The number of hydrogen-bond acceptors (Lipinski definition) is 4. The lowest BCUT2D eigenvalue weighted by atomic mass is 10.1. The first-order valence-corrected chi connectivity index (χ1v) is 8.32. The molecule has 4 rings (SSSR count). The molecule has 0 saturated carbocycles. The molecule has 4 aromatic rings. The summed E-state index contributed by atoms with van der Waals surface area (Å²) >= 11 is 0. The van der Waals surface area contributed by atoms with E-state index in [1.54, 1.807) is 30.7 Å². The first kappa shape index (κ1) is 16.1. The zero-order valence-electron chi connectivity index (χ0n) is 14.5. The maximum Gasteiger partial charge on any atom is 0.335 e. The normalized spacial score (nSPS) is 11.2. The van der Waals surface area contributed by atoms with Gasteiger partial charge in [-0.1, -0.05) is 23.8 Å². The van der Waals surface area contributed by atoms with Crippen LogP contribution in [0, 0.1) is 13.8 Å². The Kier molecular flexibility index (Phi) is 3.80. The number of fused-ring (bicyclic) bond motifs is 3. The number of nitrogens with zero attached hydrogens (tertiary/aromatic N) is 3. The molecule has 2 aromatic heterocycles. The summed E-state index contributed by atoms with van der Waals surface area (Å²) in [7, 11) is 0. The second-order valence-electron chi connectivity index (χ2n) is 6.40. The molecule has 0 saturated heterocycles. The van der Waals surface area contributed by atoms with Crippen LogP contribution in [0.3, 0.4) is 0 Å². The van der Waals surface area contributed by atoms with Gasteiger partial charge in [0.15, 0.2) is 5.82 Å². The number of rotatable bonds is 4. The first-order chi connectivity index (χ1) is 12.5. The van der Waals surface area contributed by atoms with Crippen molar-refractivity contribution in [1.29, 1.82) is 0 Å². The summed E-state index contributed by atoms with van der Waals surface area (Å²) < 4.78 is 1.86. The molecule has 2 aromatic carbocycles. The summed E-state index contributed by atoms with van der Waals surface area (Å²) in [5.41, 5.74) is 6.14. The molecule has 0 bridgehead atoms. The zero-order valence-corrected chi connectivity index (χ0v) is 14.5. The van der Waals surface area contributed by atoms with Gasteiger partial charge in [0.1, 0.15) is 5.52 Å². The van der Waals surface area contributed by atoms with E-state index in [9.17, 15) is 9.90 Å². The Morgan fingerprint density at radius 3 is 2.77 bits per heavy atom. The predicted molar refractivity (Wildman–Crippen MR) is 101 cm³/mol. The lowest BCUT2D eigenvalue weighted by Gasteiger charge is -2.12. The Balaban J connectivity index is 1.76. The van der Waals surface area contributed by atoms with E-state index >= 15 is 0 Å². The molecule has 0 spiro atoms. The number of carbonyl (C=O) groups is 1. The van der Waals surface area contributed by atoms with Crippen molar-refractivity contribution < 1.29 is 9.90 Å². The van der Waals surface area contributed by atoms with Crippen LogP contribution in [-0.2, 0) is 6.54 Å². The number of carboxylic acid groups (broad SMARTS) is 1. The second-order valence-corrected chi connectivity index (χ2v) is 6.40. The molecule has 0 aliphatic carbocycles. The highest BCUT2D eigenvalue weighted by Gasteiger charge is 2.12. The number of carboxylic acids is 1. The average Bonchev–Trinajstić information content (AvgIpc) is 3.10. The Bertz CT molecular complexity index is 1150. The summed E-state index contributed by atoms with van der Waals surface area (Å²) in [6, 6.07) is 11.3. The van der Waals surface area contributed by atoms with E-state index in [1.807, 2.05) is 4.40 Å². The third-order valence-corrected chi connectivity index (χ3v) is 4.54. The molecule has 2 heterocycles. The molecule has 0 amide bonds. The third kappa shape index (κ3) is 2.75. The standard InChI is InChI=1S/C20H18N4O2/c1-12-3-4-15(13(2)7-12)9-22-19-18-10-21-11-24(18)17-8-14(20(25)26)5-6-16(17)23-19/h3-8,10-11H,9H2,1-2H3,(H,22,23)(H,25,26). The minimum Gasteiger partial charge on any atom is -0.478 e. The molecule has 6 nitrogen and oxygen atoms in total. The Morgan fingerprint density at radius 1 is 1.15 bits per heavy atom. The average molecular weight is 346 g/mol. The fourth-order valence-corrected chi connectivity index (χ4v) is 3.14. The van der Waals surface area contributed by atoms with Crippen LogP contribution in [0.4, 0.5) is 5.82 Å². The van der Waals surface area contributed by atoms with Gasteiger partial charge in [0.25, 0.3) is 0 Å². The monoisotopic (exact) mass is 346 g/mol. The summed E-state index contributed by atoms with van der Waals surface area (Å²) in [6.07, 6.45) is 3.40. The van der Waals surface area contributed by atoms with Crippen LogP contribution in [0.15, 0.2) is 48.9 Å². The number of anilines is 1. The van der Waals surface area contributed by atoms with E-state index in [-0.39, 0.29) is 5.56 Å². The molecule has 0 radical (unpaired) electrons. The lowest BCUT2D eigenvalue weighted by molar-refractivity contribution is 0.0697. The van der Waals surface area contributed by atoms with E-state index in [1.165, 1.54) is 16.7 Å². The third-order valence-electron chi connectivity index (χ3n) is 4.54. The quantitative estimate of drug-likeness (QED) is 0.587. The molecule has 0 atom stereocenters. The predicted octanol–water partition coefficient (Wildman–Crippen LogP) is 3.81. The molecule has 0 aliphatic heterocycles. The van der Waals surface area contributed by atoms with Gasteiger partial charge in [0, 0.05) is 6.54 Å². The molecule has 130 valence electrons. The van der Waals surface area contributed by atoms with Gasteiger partial charge >= 0.3 is 5.97 Å². The highest BCUT2D eigenvalue weighted by atomic mass is 16.4. The fraction of sp³-hybridized carbons (Fsp3) is 0.150. The minimum atomic E-state index is -0.961. The zero-order chi connectivity index (χ0) is 18.3. The maximum absolute atomic E-state index is 11.2.